The van der Waals surface area contributed by atoms with Crippen molar-refractivity contribution in [3.05, 3.63) is 53.9 Å². The summed E-state index contributed by atoms with van der Waals surface area (Å²) in [7, 11) is 0. The molecule has 1 aromatic heterocycles. The fourth-order valence-electron chi connectivity index (χ4n) is 3.73. The molecule has 136 valence electrons. The van der Waals surface area contributed by atoms with Gasteiger partial charge in [0.05, 0.1) is 0 Å². The van der Waals surface area contributed by atoms with E-state index < -0.39 is 0 Å². The normalized spacial score (nSPS) is 20.9. The minimum Gasteiger partial charge on any atom is -0.485 e. The number of para-hydroxylation sites is 2. The van der Waals surface area contributed by atoms with Gasteiger partial charge in [-0.25, -0.2) is 0 Å². The van der Waals surface area contributed by atoms with Gasteiger partial charge in [0.15, 0.2) is 17.6 Å². The van der Waals surface area contributed by atoms with Crippen LogP contribution < -0.4 is 14.8 Å². The molecule has 2 unspecified atom stereocenters. The molecular formula is C21H24N2O2S. The Morgan fingerprint density at radius 1 is 1.19 bits per heavy atom. The molecule has 2 aromatic rings. The van der Waals surface area contributed by atoms with Gasteiger partial charge in [-0.05, 0) is 61.8 Å². The molecule has 0 saturated carbocycles. The number of nitrogens with one attached hydrogen (secondary N) is 1. The van der Waals surface area contributed by atoms with E-state index in [1.54, 1.807) is 0 Å². The molecule has 5 heteroatoms. The fourth-order valence-corrected chi connectivity index (χ4v) is 3.95. The second-order valence-electron chi connectivity index (χ2n) is 7.02. The third-order valence-electron chi connectivity index (χ3n) is 5.18. The molecule has 26 heavy (non-hydrogen) atoms. The van der Waals surface area contributed by atoms with Gasteiger partial charge in [0.25, 0.3) is 0 Å². The van der Waals surface area contributed by atoms with Crippen molar-refractivity contribution in [1.29, 1.82) is 0 Å². The number of hydrogen-bond acceptors (Lipinski definition) is 4. The lowest BCUT2D eigenvalue weighted by atomic mass is 9.84. The van der Waals surface area contributed by atoms with Crippen molar-refractivity contribution in [2.75, 3.05) is 13.2 Å². The highest BCUT2D eigenvalue weighted by molar-refractivity contribution is 7.80. The van der Waals surface area contributed by atoms with Gasteiger partial charge < -0.3 is 14.8 Å². The van der Waals surface area contributed by atoms with Crippen LogP contribution in [0.3, 0.4) is 0 Å². The maximum atomic E-state index is 5.94. The Kier molecular flexibility index (Phi) is 5.34. The molecule has 1 N–H and O–H groups in total. The summed E-state index contributed by atoms with van der Waals surface area (Å²) in [5.41, 5.74) is 2.72. The molecular weight excluding hydrogens is 344 g/mol. The first-order valence-corrected chi connectivity index (χ1v) is 9.79. The zero-order valence-electron chi connectivity index (χ0n) is 14.8. The van der Waals surface area contributed by atoms with Crippen LogP contribution >= 0.6 is 12.2 Å². The van der Waals surface area contributed by atoms with Crippen LogP contribution in [0.1, 0.15) is 30.5 Å². The maximum absolute atomic E-state index is 5.94. The van der Waals surface area contributed by atoms with Crippen molar-refractivity contribution in [3.63, 3.8) is 0 Å². The zero-order valence-corrected chi connectivity index (χ0v) is 15.6. The largest absolute Gasteiger partial charge is 0.485 e. The third-order valence-corrected chi connectivity index (χ3v) is 5.59. The first-order valence-electron chi connectivity index (χ1n) is 9.38. The molecule has 2 aliphatic rings. The van der Waals surface area contributed by atoms with E-state index in [2.05, 4.69) is 16.4 Å². The summed E-state index contributed by atoms with van der Waals surface area (Å²) in [5, 5.41) is 3.35. The van der Waals surface area contributed by atoms with E-state index in [9.17, 15) is 0 Å². The van der Waals surface area contributed by atoms with Crippen LogP contribution in [-0.2, 0) is 12.8 Å². The van der Waals surface area contributed by atoms with Gasteiger partial charge in [-0.15, -0.1) is 0 Å². The number of fused-ring (bicyclic) bond motifs is 2. The number of benzene rings is 1. The Bertz CT molecular complexity index is 780. The molecule has 2 atom stereocenters. The van der Waals surface area contributed by atoms with Gasteiger partial charge in [-0.3, -0.25) is 4.98 Å². The van der Waals surface area contributed by atoms with Crippen LogP contribution in [0.15, 0.2) is 42.6 Å². The van der Waals surface area contributed by atoms with Crippen molar-refractivity contribution in [2.45, 2.75) is 38.2 Å². The third kappa shape index (κ3) is 3.98. The second-order valence-corrected chi connectivity index (χ2v) is 7.46. The molecule has 1 aliphatic heterocycles. The summed E-state index contributed by atoms with van der Waals surface area (Å²) in [4.78, 5) is 5.27. The monoisotopic (exact) mass is 368 g/mol. The van der Waals surface area contributed by atoms with E-state index in [1.165, 1.54) is 24.1 Å². The molecule has 0 spiro atoms. The number of ether oxygens (including phenoxy) is 2. The molecule has 1 aromatic carbocycles. The molecule has 0 amide bonds. The number of nitrogens with zero attached hydrogens (tertiary/aromatic N) is 1. The molecule has 4 nitrogen and oxygen atoms in total. The quantitative estimate of drug-likeness (QED) is 0.644. The lowest BCUT2D eigenvalue weighted by Crippen LogP contribution is -2.43. The summed E-state index contributed by atoms with van der Waals surface area (Å²) < 4.78 is 11.7. The van der Waals surface area contributed by atoms with Crippen LogP contribution in [-0.4, -0.2) is 29.2 Å². The van der Waals surface area contributed by atoms with Gasteiger partial charge in [0.1, 0.15) is 11.6 Å². The highest BCUT2D eigenvalue weighted by Gasteiger charge is 2.24. The van der Waals surface area contributed by atoms with Gasteiger partial charge >= 0.3 is 0 Å². The van der Waals surface area contributed by atoms with Gasteiger partial charge in [-0.1, -0.05) is 30.4 Å². The number of pyridine rings is 1. The number of thiocarbonyl (C=S) groups is 1. The van der Waals surface area contributed by atoms with Crippen molar-refractivity contribution in [2.24, 2.45) is 5.92 Å². The summed E-state index contributed by atoms with van der Waals surface area (Å²) in [6, 6.07) is 12.0. The van der Waals surface area contributed by atoms with Gasteiger partial charge in [0.2, 0.25) is 0 Å². The van der Waals surface area contributed by atoms with E-state index in [4.69, 9.17) is 21.7 Å². The Balaban J connectivity index is 1.19. The van der Waals surface area contributed by atoms with E-state index >= 15 is 0 Å². The smallest absolute Gasteiger partial charge is 0.182 e. The summed E-state index contributed by atoms with van der Waals surface area (Å²) >= 11 is 5.50. The molecule has 0 radical (unpaired) electrons. The van der Waals surface area contributed by atoms with Crippen LogP contribution in [0, 0.1) is 5.92 Å². The van der Waals surface area contributed by atoms with Crippen LogP contribution in [0.2, 0.25) is 0 Å². The first kappa shape index (κ1) is 17.3. The van der Waals surface area contributed by atoms with Crippen molar-refractivity contribution >= 4 is 17.2 Å². The molecule has 4 rings (SSSR count). The molecule has 1 aliphatic carbocycles. The van der Waals surface area contributed by atoms with E-state index in [0.717, 1.165) is 48.2 Å². The van der Waals surface area contributed by atoms with Crippen molar-refractivity contribution in [1.82, 2.24) is 10.3 Å². The van der Waals surface area contributed by atoms with Crippen molar-refractivity contribution < 1.29 is 9.47 Å². The second kappa shape index (κ2) is 8.04. The summed E-state index contributed by atoms with van der Waals surface area (Å²) in [6.45, 7) is 1.35. The van der Waals surface area contributed by atoms with Crippen molar-refractivity contribution in [3.8, 4) is 11.5 Å². The fraction of sp³-hybridized carbons (Fsp3) is 0.429. The Morgan fingerprint density at radius 2 is 2.08 bits per heavy atom. The minimum atomic E-state index is -0.203. The van der Waals surface area contributed by atoms with E-state index in [0.29, 0.717) is 6.61 Å². The number of aromatic nitrogens is 1. The molecule has 0 bridgehead atoms. The maximum Gasteiger partial charge on any atom is 0.182 e. The van der Waals surface area contributed by atoms with Gasteiger partial charge in [0, 0.05) is 18.4 Å². The summed E-state index contributed by atoms with van der Waals surface area (Å²) in [6.07, 6.45) is 7.55. The average Bonchev–Trinajstić information content (AvgIpc) is 2.70. The Morgan fingerprint density at radius 3 is 3.00 bits per heavy atom. The topological polar surface area (TPSA) is 43.4 Å². The summed E-state index contributed by atoms with van der Waals surface area (Å²) in [5.74, 6) is 2.29. The Hall–Kier alpha value is -2.14. The number of rotatable bonds is 5. The average molecular weight is 369 g/mol. The van der Waals surface area contributed by atoms with E-state index in [1.807, 2.05) is 36.5 Å². The molecule has 0 saturated heterocycles. The molecule has 2 heterocycles. The number of hydrogen-bond donors (Lipinski definition) is 1. The van der Waals surface area contributed by atoms with Crippen LogP contribution in [0.25, 0.3) is 0 Å². The van der Waals surface area contributed by atoms with Crippen LogP contribution in [0.4, 0.5) is 0 Å². The lowest BCUT2D eigenvalue weighted by Gasteiger charge is -2.27. The SMILES string of the molecule is S=C(NCCCC1CCc2cccnc2C1)C1COc2ccccc2O1. The van der Waals surface area contributed by atoms with E-state index in [-0.39, 0.29) is 6.10 Å². The highest BCUT2D eigenvalue weighted by Crippen LogP contribution is 2.31. The minimum absolute atomic E-state index is 0.203. The predicted molar refractivity (Wildman–Crippen MR) is 106 cm³/mol. The molecule has 0 fully saturated rings. The van der Waals surface area contributed by atoms with Crippen LogP contribution in [0.5, 0.6) is 11.5 Å². The van der Waals surface area contributed by atoms with Gasteiger partial charge in [-0.2, -0.15) is 0 Å². The standard InChI is InChI=1S/C21H24N2O2S/c26-21(20-14-24-18-7-1-2-8-19(18)25-20)23-12-3-5-15-9-10-16-6-4-11-22-17(16)13-15/h1-2,4,6-8,11,15,20H,3,5,9-10,12-14H2,(H,23,26). The zero-order chi connectivity index (χ0) is 17.8. The highest BCUT2D eigenvalue weighted by atomic mass is 32.1. The Labute approximate surface area is 159 Å². The number of aryl methyl sites for hydroxylation is 1. The lowest BCUT2D eigenvalue weighted by molar-refractivity contribution is 0.134. The first-order chi connectivity index (χ1) is 12.8. The predicted octanol–water partition coefficient (Wildman–Crippen LogP) is 3.72.